The van der Waals surface area contributed by atoms with Crippen molar-refractivity contribution in [1.29, 1.82) is 0 Å². The van der Waals surface area contributed by atoms with Crippen molar-refractivity contribution in [3.05, 3.63) is 33.8 Å². The van der Waals surface area contributed by atoms with E-state index in [0.717, 1.165) is 31.5 Å². The van der Waals surface area contributed by atoms with Crippen LogP contribution in [0.5, 0.6) is 0 Å². The third-order valence-electron chi connectivity index (χ3n) is 9.01. The molecule has 0 aromatic heterocycles. The third kappa shape index (κ3) is 4.96. The Labute approximate surface area is 234 Å². The van der Waals surface area contributed by atoms with Gasteiger partial charge in [-0.25, -0.2) is 4.99 Å². The number of halogens is 2. The minimum atomic E-state index is -1.72. The van der Waals surface area contributed by atoms with Crippen molar-refractivity contribution >= 4 is 35.4 Å². The summed E-state index contributed by atoms with van der Waals surface area (Å²) in [5.41, 5.74) is 1.55. The first-order valence-electron chi connectivity index (χ1n) is 13.7. The zero-order valence-electron chi connectivity index (χ0n) is 22.0. The number of likely N-dealkylation sites (tertiary alicyclic amines) is 1. The standard InChI is InChI=1S/C27H39Cl2N5O4/c1-26(37)21(36)25(38-22(26)20(35)16-9-10-17(28)18(29)13-16)34-14-27(11-7-5-3-4-6-8-12-27)19-23(33-30-2)31-15-32-24(19)34/h9-10,13,15,19-22,24-25,30,35-37H,3-8,11-12,14H2,1-2H3,(H,31,32,33)/t19?,20-,21+,22-,24?,25-,26+/m1/s1. The second-order valence-electron chi connectivity index (χ2n) is 11.4. The topological polar surface area (TPSA) is 122 Å². The fourth-order valence-electron chi connectivity index (χ4n) is 7.01. The highest BCUT2D eigenvalue weighted by Gasteiger charge is 2.63. The number of aliphatic hydroxyl groups excluding tert-OH is 2. The van der Waals surface area contributed by atoms with Gasteiger partial charge in [0.15, 0.2) is 5.84 Å². The predicted octanol–water partition coefficient (Wildman–Crippen LogP) is 3.41. The molecule has 1 spiro atoms. The molecule has 2 saturated heterocycles. The lowest BCUT2D eigenvalue weighted by Gasteiger charge is -2.37. The summed E-state index contributed by atoms with van der Waals surface area (Å²) in [6.07, 6.45) is 6.21. The summed E-state index contributed by atoms with van der Waals surface area (Å²) in [6.45, 7) is 2.17. The molecule has 0 bridgehead atoms. The first-order valence-corrected chi connectivity index (χ1v) is 14.4. The first kappa shape index (κ1) is 28.1. The first-order chi connectivity index (χ1) is 18.2. The molecule has 11 heteroatoms. The molecule has 0 amide bonds. The highest BCUT2D eigenvalue weighted by atomic mass is 35.5. The number of rotatable bonds is 4. The van der Waals surface area contributed by atoms with Crippen molar-refractivity contribution in [2.24, 2.45) is 21.4 Å². The molecule has 2 unspecified atom stereocenters. The number of benzene rings is 1. The average molecular weight is 569 g/mol. The Morgan fingerprint density at radius 1 is 1.16 bits per heavy atom. The van der Waals surface area contributed by atoms with Crippen molar-refractivity contribution < 1.29 is 20.1 Å². The van der Waals surface area contributed by atoms with E-state index >= 15 is 0 Å². The monoisotopic (exact) mass is 567 g/mol. The van der Waals surface area contributed by atoms with Crippen molar-refractivity contribution in [2.75, 3.05) is 13.6 Å². The van der Waals surface area contributed by atoms with E-state index in [1.807, 2.05) is 0 Å². The van der Waals surface area contributed by atoms with Gasteiger partial charge in [-0.15, -0.1) is 0 Å². The van der Waals surface area contributed by atoms with Gasteiger partial charge in [0.2, 0.25) is 0 Å². The second kappa shape index (κ2) is 11.2. The Kier molecular flexibility index (Phi) is 8.27. The summed E-state index contributed by atoms with van der Waals surface area (Å²) in [4.78, 5) is 6.72. The number of fused-ring (bicyclic) bond motifs is 2. The van der Waals surface area contributed by atoms with Crippen molar-refractivity contribution in [1.82, 2.24) is 15.6 Å². The molecule has 0 radical (unpaired) electrons. The highest BCUT2D eigenvalue weighted by Crippen LogP contribution is 2.52. The number of hydrogen-bond acceptors (Lipinski definition) is 8. The molecule has 7 atom stereocenters. The summed E-state index contributed by atoms with van der Waals surface area (Å²) in [5.74, 6) is 0.725. The van der Waals surface area contributed by atoms with E-state index in [4.69, 9.17) is 27.9 Å². The molecule has 1 saturated carbocycles. The van der Waals surface area contributed by atoms with Crippen molar-refractivity contribution in [3.63, 3.8) is 0 Å². The number of ether oxygens (including phenoxy) is 1. The molecule has 3 heterocycles. The maximum atomic E-state index is 11.5. The summed E-state index contributed by atoms with van der Waals surface area (Å²) in [7, 11) is 1.78. The van der Waals surface area contributed by atoms with Crippen LogP contribution < -0.4 is 10.7 Å². The van der Waals surface area contributed by atoms with Crippen LogP contribution in [0.1, 0.15) is 70.0 Å². The normalized spacial score (nSPS) is 37.3. The van der Waals surface area contributed by atoms with Crippen molar-refractivity contribution in [3.8, 4) is 0 Å². The molecule has 4 aliphatic rings. The lowest BCUT2D eigenvalue weighted by atomic mass is 9.69. The van der Waals surface area contributed by atoms with Crippen LogP contribution in [0.25, 0.3) is 0 Å². The van der Waals surface area contributed by atoms with Gasteiger partial charge in [-0.1, -0.05) is 67.8 Å². The molecular formula is C27H39Cl2N5O4. The molecule has 3 fully saturated rings. The summed E-state index contributed by atoms with van der Waals surface area (Å²) in [5, 5.41) is 42.8. The van der Waals surface area contributed by atoms with Gasteiger partial charge in [-0.2, -0.15) is 5.10 Å². The Bertz CT molecular complexity index is 1060. The fourth-order valence-corrected chi connectivity index (χ4v) is 7.32. The van der Waals surface area contributed by atoms with E-state index in [1.165, 1.54) is 32.6 Å². The van der Waals surface area contributed by atoms with Gasteiger partial charge in [-0.05, 0) is 42.9 Å². The van der Waals surface area contributed by atoms with Crippen molar-refractivity contribution in [2.45, 2.75) is 94.6 Å². The van der Waals surface area contributed by atoms with Gasteiger partial charge in [-0.3, -0.25) is 4.90 Å². The Balaban J connectivity index is 1.48. The van der Waals surface area contributed by atoms with Gasteiger partial charge in [0.1, 0.15) is 30.1 Å². The van der Waals surface area contributed by atoms with Crippen LogP contribution in [0.15, 0.2) is 28.3 Å². The zero-order chi connectivity index (χ0) is 27.1. The van der Waals surface area contributed by atoms with Crippen LogP contribution in [-0.2, 0) is 4.74 Å². The van der Waals surface area contributed by atoms with Gasteiger partial charge in [0, 0.05) is 13.6 Å². The second-order valence-corrected chi connectivity index (χ2v) is 12.2. The highest BCUT2D eigenvalue weighted by molar-refractivity contribution is 6.42. The van der Waals surface area contributed by atoms with Crippen LogP contribution in [0, 0.1) is 11.3 Å². The molecule has 9 nitrogen and oxygen atoms in total. The summed E-state index contributed by atoms with van der Waals surface area (Å²) < 4.78 is 6.38. The molecular weight excluding hydrogens is 529 g/mol. The molecule has 1 aliphatic carbocycles. The Hall–Kier alpha value is -1.46. The van der Waals surface area contributed by atoms with Gasteiger partial charge >= 0.3 is 0 Å². The van der Waals surface area contributed by atoms with Gasteiger partial charge < -0.3 is 30.8 Å². The average Bonchev–Trinajstić information content (AvgIpc) is 3.38. The number of aliphatic hydroxyl groups is 3. The number of aliphatic imine (C=N–C) groups is 1. The lowest BCUT2D eigenvalue weighted by molar-refractivity contribution is -0.130. The van der Waals surface area contributed by atoms with Crippen LogP contribution in [-0.4, -0.2) is 76.2 Å². The molecule has 3 aliphatic heterocycles. The Morgan fingerprint density at radius 2 is 1.84 bits per heavy atom. The number of nitrogens with zero attached hydrogens (tertiary/aromatic N) is 3. The maximum Gasteiger partial charge on any atom is 0.156 e. The summed E-state index contributed by atoms with van der Waals surface area (Å²) in [6, 6.07) is 4.81. The maximum absolute atomic E-state index is 11.5. The van der Waals surface area contributed by atoms with E-state index < -0.39 is 30.1 Å². The SMILES string of the molecule is CN/N=C1/N=CNC2C1C1(CCCCCCCC1)CN2[C@@H]1O[C@H]([C@H](O)c2ccc(Cl)c(Cl)c2)[C@@](C)(O)[C@H]1O. The van der Waals surface area contributed by atoms with E-state index in [0.29, 0.717) is 22.2 Å². The molecule has 5 rings (SSSR count). The smallest absolute Gasteiger partial charge is 0.156 e. The van der Waals surface area contributed by atoms with Crippen LogP contribution in [0.4, 0.5) is 0 Å². The van der Waals surface area contributed by atoms with E-state index in [1.54, 1.807) is 31.6 Å². The zero-order valence-corrected chi connectivity index (χ0v) is 23.5. The molecule has 210 valence electrons. The minimum absolute atomic E-state index is 0.0159. The molecule has 5 N–H and O–H groups in total. The number of hydrazone groups is 1. The quantitative estimate of drug-likeness (QED) is 0.353. The third-order valence-corrected chi connectivity index (χ3v) is 9.75. The minimum Gasteiger partial charge on any atom is -0.386 e. The largest absolute Gasteiger partial charge is 0.386 e. The number of nitrogens with one attached hydrogen (secondary N) is 2. The van der Waals surface area contributed by atoms with E-state index in [2.05, 4.69) is 25.7 Å². The Morgan fingerprint density at radius 3 is 2.50 bits per heavy atom. The van der Waals surface area contributed by atoms with E-state index in [-0.39, 0.29) is 17.5 Å². The van der Waals surface area contributed by atoms with Gasteiger partial charge in [0.05, 0.1) is 28.5 Å². The number of amidine groups is 1. The van der Waals surface area contributed by atoms with E-state index in [9.17, 15) is 15.3 Å². The number of hydrogen-bond donors (Lipinski definition) is 5. The fraction of sp³-hybridized carbons (Fsp3) is 0.704. The molecule has 1 aromatic carbocycles. The molecule has 38 heavy (non-hydrogen) atoms. The van der Waals surface area contributed by atoms with Gasteiger partial charge in [0.25, 0.3) is 0 Å². The van der Waals surface area contributed by atoms with Crippen LogP contribution in [0.3, 0.4) is 0 Å². The lowest BCUT2D eigenvalue weighted by Crippen LogP contribution is -2.56. The van der Waals surface area contributed by atoms with Crippen LogP contribution in [0.2, 0.25) is 10.0 Å². The predicted molar refractivity (Wildman–Crippen MR) is 148 cm³/mol. The molecule has 1 aromatic rings. The van der Waals surface area contributed by atoms with Crippen LogP contribution >= 0.6 is 23.2 Å². The summed E-state index contributed by atoms with van der Waals surface area (Å²) >= 11 is 12.3.